The van der Waals surface area contributed by atoms with Crippen molar-refractivity contribution in [3.05, 3.63) is 53.2 Å². The quantitative estimate of drug-likeness (QED) is 0.634. The molecule has 8 nitrogen and oxygen atoms in total. The monoisotopic (exact) mass is 439 g/mol. The molecule has 2 rings (SSSR count). The largest absolute Gasteiger partial charge is 0.449 e. The lowest BCUT2D eigenvalue weighted by Gasteiger charge is -2.19. The summed E-state index contributed by atoms with van der Waals surface area (Å²) >= 11 is 5.74. The lowest BCUT2D eigenvalue weighted by molar-refractivity contribution is -0.123. The Hall–Kier alpha value is -2.49. The highest BCUT2D eigenvalue weighted by Gasteiger charge is 2.24. The Morgan fingerprint density at radius 3 is 2.48 bits per heavy atom. The molecular formula is C19H22ClN3O5S. The van der Waals surface area contributed by atoms with Crippen LogP contribution >= 0.6 is 11.6 Å². The molecule has 0 radical (unpaired) electrons. The molecule has 1 atom stereocenters. The van der Waals surface area contributed by atoms with Crippen LogP contribution < -0.4 is 5.32 Å². The van der Waals surface area contributed by atoms with Crippen LogP contribution in [0.2, 0.25) is 5.02 Å². The highest BCUT2D eigenvalue weighted by atomic mass is 35.5. The molecule has 0 aliphatic heterocycles. The zero-order chi connectivity index (χ0) is 21.6. The van der Waals surface area contributed by atoms with Crippen LogP contribution in [0.1, 0.15) is 31.1 Å². The standard InChI is InChI=1S/C19H22ClN3O5S/c1-4-23(5-2)29(26,27)16-8-6-7-14(11-16)19(25)28-13(3)18(24)22-17-10-9-15(20)12-21-17/h6-13H,4-5H2,1-3H3,(H,21,22,24)/t13-/m0/s1. The van der Waals surface area contributed by atoms with Crippen LogP contribution in [0.4, 0.5) is 5.82 Å². The highest BCUT2D eigenvalue weighted by molar-refractivity contribution is 7.89. The van der Waals surface area contributed by atoms with E-state index in [9.17, 15) is 18.0 Å². The first kappa shape index (κ1) is 22.8. The number of pyridine rings is 1. The van der Waals surface area contributed by atoms with Crippen molar-refractivity contribution in [3.63, 3.8) is 0 Å². The molecule has 1 aromatic heterocycles. The number of rotatable bonds is 8. The van der Waals surface area contributed by atoms with Crippen LogP contribution in [-0.2, 0) is 19.6 Å². The van der Waals surface area contributed by atoms with Crippen molar-refractivity contribution in [1.29, 1.82) is 0 Å². The van der Waals surface area contributed by atoms with Crippen molar-refractivity contribution in [2.24, 2.45) is 0 Å². The molecule has 2 aromatic rings. The van der Waals surface area contributed by atoms with Crippen LogP contribution in [0.15, 0.2) is 47.5 Å². The van der Waals surface area contributed by atoms with Gasteiger partial charge in [0.05, 0.1) is 15.5 Å². The van der Waals surface area contributed by atoms with Gasteiger partial charge in [-0.2, -0.15) is 4.31 Å². The Bertz CT molecular complexity index is 976. The molecule has 0 aliphatic carbocycles. The summed E-state index contributed by atoms with van der Waals surface area (Å²) in [6, 6.07) is 8.59. The van der Waals surface area contributed by atoms with Crippen molar-refractivity contribution >= 4 is 39.3 Å². The molecule has 1 N–H and O–H groups in total. The molecule has 10 heteroatoms. The third kappa shape index (κ3) is 5.75. The topological polar surface area (TPSA) is 106 Å². The van der Waals surface area contributed by atoms with E-state index < -0.39 is 28.0 Å². The fourth-order valence-corrected chi connectivity index (χ4v) is 4.07. The second-order valence-corrected chi connectivity index (χ2v) is 8.39. The normalized spacial score (nSPS) is 12.4. The number of esters is 1. The van der Waals surface area contributed by atoms with Crippen LogP contribution in [0.25, 0.3) is 0 Å². The number of halogens is 1. The first-order chi connectivity index (χ1) is 13.7. The SMILES string of the molecule is CCN(CC)S(=O)(=O)c1cccc(C(=O)O[C@@H](C)C(=O)Nc2ccc(Cl)cn2)c1. The lowest BCUT2D eigenvalue weighted by Crippen LogP contribution is -2.31. The molecule has 1 amide bonds. The van der Waals surface area contributed by atoms with Gasteiger partial charge in [-0.3, -0.25) is 4.79 Å². The van der Waals surface area contributed by atoms with Crippen molar-refractivity contribution in [2.45, 2.75) is 31.8 Å². The van der Waals surface area contributed by atoms with Gasteiger partial charge in [-0.25, -0.2) is 18.2 Å². The molecule has 1 heterocycles. The average Bonchev–Trinajstić information content (AvgIpc) is 2.70. The Morgan fingerprint density at radius 1 is 1.21 bits per heavy atom. The third-order valence-corrected chi connectivity index (χ3v) is 6.31. The number of nitrogens with one attached hydrogen (secondary N) is 1. The van der Waals surface area contributed by atoms with Crippen molar-refractivity contribution in [3.8, 4) is 0 Å². The minimum absolute atomic E-state index is 0.0156. The van der Waals surface area contributed by atoms with Crippen molar-refractivity contribution < 1.29 is 22.7 Å². The molecular weight excluding hydrogens is 418 g/mol. The van der Waals surface area contributed by atoms with Gasteiger partial charge >= 0.3 is 5.97 Å². The molecule has 156 valence electrons. The molecule has 0 saturated carbocycles. The zero-order valence-electron chi connectivity index (χ0n) is 16.3. The fourth-order valence-electron chi connectivity index (χ4n) is 2.46. The molecule has 1 aromatic carbocycles. The van der Waals surface area contributed by atoms with E-state index in [4.69, 9.17) is 16.3 Å². The Morgan fingerprint density at radius 2 is 1.90 bits per heavy atom. The fraction of sp³-hybridized carbons (Fsp3) is 0.316. The Kier molecular flexibility index (Phi) is 7.72. The van der Waals surface area contributed by atoms with E-state index in [2.05, 4.69) is 10.3 Å². The number of carbonyl (C=O) groups is 2. The van der Waals surface area contributed by atoms with Gasteiger partial charge in [-0.05, 0) is 37.3 Å². The molecule has 0 bridgehead atoms. The molecule has 0 aliphatic rings. The molecule has 0 spiro atoms. The average molecular weight is 440 g/mol. The van der Waals surface area contributed by atoms with Crippen LogP contribution in [0.5, 0.6) is 0 Å². The van der Waals surface area contributed by atoms with Crippen molar-refractivity contribution in [2.75, 3.05) is 18.4 Å². The molecule has 0 saturated heterocycles. The third-order valence-electron chi connectivity index (χ3n) is 4.04. The van der Waals surface area contributed by atoms with E-state index >= 15 is 0 Å². The number of carbonyl (C=O) groups excluding carboxylic acids is 2. The number of hydrogen-bond donors (Lipinski definition) is 1. The van der Waals surface area contributed by atoms with Gasteiger partial charge in [0.25, 0.3) is 5.91 Å². The Labute approximate surface area is 174 Å². The van der Waals surface area contributed by atoms with Crippen LogP contribution in [-0.4, -0.2) is 48.8 Å². The van der Waals surface area contributed by atoms with Gasteiger partial charge in [-0.15, -0.1) is 0 Å². The number of nitrogens with zero attached hydrogens (tertiary/aromatic N) is 2. The predicted octanol–water partition coefficient (Wildman–Crippen LogP) is 2.95. The summed E-state index contributed by atoms with van der Waals surface area (Å²) in [4.78, 5) is 28.5. The first-order valence-electron chi connectivity index (χ1n) is 8.92. The van der Waals surface area contributed by atoms with E-state index in [1.54, 1.807) is 19.9 Å². The number of ether oxygens (including phenoxy) is 1. The van der Waals surface area contributed by atoms with Gasteiger partial charge in [0.1, 0.15) is 5.82 Å². The summed E-state index contributed by atoms with van der Waals surface area (Å²) in [5, 5.41) is 2.92. The minimum atomic E-state index is -3.72. The van der Waals surface area contributed by atoms with Gasteiger partial charge < -0.3 is 10.1 Å². The van der Waals surface area contributed by atoms with E-state index in [1.165, 1.54) is 47.8 Å². The summed E-state index contributed by atoms with van der Waals surface area (Å²) in [5.74, 6) is -1.14. The number of sulfonamides is 1. The molecule has 0 fully saturated rings. The summed E-state index contributed by atoms with van der Waals surface area (Å²) < 4.78 is 31.7. The van der Waals surface area contributed by atoms with Gasteiger partial charge in [0.2, 0.25) is 10.0 Å². The van der Waals surface area contributed by atoms with Gasteiger partial charge in [0, 0.05) is 19.3 Å². The zero-order valence-corrected chi connectivity index (χ0v) is 17.8. The predicted molar refractivity (Wildman–Crippen MR) is 109 cm³/mol. The Balaban J connectivity index is 2.10. The summed E-state index contributed by atoms with van der Waals surface area (Å²) in [5.41, 5.74) is 0.0301. The van der Waals surface area contributed by atoms with E-state index in [1.807, 2.05) is 0 Å². The smallest absolute Gasteiger partial charge is 0.338 e. The van der Waals surface area contributed by atoms with E-state index in [0.717, 1.165) is 0 Å². The van der Waals surface area contributed by atoms with E-state index in [-0.39, 0.29) is 16.3 Å². The second-order valence-electron chi connectivity index (χ2n) is 6.02. The highest BCUT2D eigenvalue weighted by Crippen LogP contribution is 2.18. The first-order valence-corrected chi connectivity index (χ1v) is 10.7. The van der Waals surface area contributed by atoms with Crippen LogP contribution in [0, 0.1) is 0 Å². The van der Waals surface area contributed by atoms with Gasteiger partial charge in [0.15, 0.2) is 6.10 Å². The summed E-state index contributed by atoms with van der Waals surface area (Å²) in [7, 11) is -3.72. The number of anilines is 1. The molecule has 29 heavy (non-hydrogen) atoms. The van der Waals surface area contributed by atoms with E-state index in [0.29, 0.717) is 18.1 Å². The maximum atomic E-state index is 12.6. The number of amides is 1. The number of aromatic nitrogens is 1. The summed E-state index contributed by atoms with van der Waals surface area (Å²) in [6.07, 6.45) is 0.249. The molecule has 0 unspecified atom stereocenters. The summed E-state index contributed by atoms with van der Waals surface area (Å²) in [6.45, 7) is 5.48. The van der Waals surface area contributed by atoms with Gasteiger partial charge in [-0.1, -0.05) is 31.5 Å². The van der Waals surface area contributed by atoms with Crippen LogP contribution in [0.3, 0.4) is 0 Å². The number of benzene rings is 1. The van der Waals surface area contributed by atoms with Crippen molar-refractivity contribution in [1.82, 2.24) is 9.29 Å². The maximum Gasteiger partial charge on any atom is 0.338 e. The minimum Gasteiger partial charge on any atom is -0.449 e. The lowest BCUT2D eigenvalue weighted by atomic mass is 10.2. The number of hydrogen-bond acceptors (Lipinski definition) is 6. The second kappa shape index (κ2) is 9.82. The maximum absolute atomic E-state index is 12.6.